The largest absolute Gasteiger partial charge is 0.488 e. The molecule has 0 aliphatic carbocycles. The molecule has 0 bridgehead atoms. The Labute approximate surface area is 158 Å². The van der Waals surface area contributed by atoms with Crippen molar-refractivity contribution in [3.8, 4) is 17.2 Å². The van der Waals surface area contributed by atoms with E-state index in [0.29, 0.717) is 28.4 Å². The van der Waals surface area contributed by atoms with Crippen molar-refractivity contribution >= 4 is 17.5 Å². The lowest BCUT2D eigenvalue weighted by Crippen LogP contribution is -2.29. The Hall–Kier alpha value is -2.95. The highest BCUT2D eigenvalue weighted by Gasteiger charge is 2.27. The maximum Gasteiger partial charge on any atom is 0.231 e. The molecule has 2 aromatic rings. The first-order chi connectivity index (χ1) is 13.3. The number of nitrogens with zero attached hydrogens (tertiary/aromatic N) is 1. The lowest BCUT2D eigenvalue weighted by molar-refractivity contribution is 0.100. The molecule has 3 aliphatic rings. The monoisotopic (exact) mass is 363 g/mol. The summed E-state index contributed by atoms with van der Waals surface area (Å²) in [5.74, 6) is 1.76. The average molecular weight is 363 g/mol. The Morgan fingerprint density at radius 1 is 0.852 bits per heavy atom. The Bertz CT molecular complexity index is 911. The number of ketones is 1. The van der Waals surface area contributed by atoms with E-state index in [4.69, 9.17) is 14.2 Å². The quantitative estimate of drug-likeness (QED) is 0.753. The Morgan fingerprint density at radius 2 is 1.59 bits per heavy atom. The van der Waals surface area contributed by atoms with E-state index in [9.17, 15) is 4.79 Å². The van der Waals surface area contributed by atoms with Gasteiger partial charge in [-0.2, -0.15) is 0 Å². The van der Waals surface area contributed by atoms with E-state index in [0.717, 1.165) is 18.7 Å². The summed E-state index contributed by atoms with van der Waals surface area (Å²) in [5.41, 5.74) is 3.43. The molecule has 138 valence electrons. The third-order valence-electron chi connectivity index (χ3n) is 5.35. The maximum atomic E-state index is 12.9. The summed E-state index contributed by atoms with van der Waals surface area (Å²) in [6.45, 7) is 2.69. The fourth-order valence-corrected chi connectivity index (χ4v) is 3.86. The van der Waals surface area contributed by atoms with Crippen molar-refractivity contribution < 1.29 is 19.0 Å². The number of benzene rings is 2. The SMILES string of the molecule is O=C1/C(=C/c2ccc(N3CCCCC3)cc2)COc2cc3c(cc21)OCO3. The van der Waals surface area contributed by atoms with Gasteiger partial charge in [0.1, 0.15) is 12.4 Å². The lowest BCUT2D eigenvalue weighted by Gasteiger charge is -2.28. The van der Waals surface area contributed by atoms with Crippen molar-refractivity contribution in [2.24, 2.45) is 0 Å². The second-order valence-corrected chi connectivity index (χ2v) is 7.13. The number of carbonyl (C=O) groups excluding carboxylic acids is 1. The molecule has 0 atom stereocenters. The topological polar surface area (TPSA) is 48.0 Å². The molecule has 0 N–H and O–H groups in total. The van der Waals surface area contributed by atoms with E-state index in [1.807, 2.05) is 6.08 Å². The average Bonchev–Trinajstić information content (AvgIpc) is 3.18. The minimum Gasteiger partial charge on any atom is -0.488 e. The maximum absolute atomic E-state index is 12.9. The lowest BCUT2D eigenvalue weighted by atomic mass is 9.98. The van der Waals surface area contributed by atoms with Crippen molar-refractivity contribution in [1.29, 1.82) is 0 Å². The number of rotatable bonds is 2. The normalized spacial score (nSPS) is 19.8. The number of Topliss-reactive ketones (excluding diaryl/α,β-unsaturated/α-hetero) is 1. The molecule has 5 rings (SSSR count). The van der Waals surface area contributed by atoms with Crippen molar-refractivity contribution in [3.63, 3.8) is 0 Å². The van der Waals surface area contributed by atoms with Crippen LogP contribution in [0, 0.1) is 0 Å². The molecule has 0 unspecified atom stereocenters. The van der Waals surface area contributed by atoms with Gasteiger partial charge in [-0.1, -0.05) is 12.1 Å². The van der Waals surface area contributed by atoms with Crippen LogP contribution in [0.25, 0.3) is 6.08 Å². The van der Waals surface area contributed by atoms with Gasteiger partial charge in [-0.3, -0.25) is 4.79 Å². The number of anilines is 1. The van der Waals surface area contributed by atoms with E-state index in [-0.39, 0.29) is 19.2 Å². The summed E-state index contributed by atoms with van der Waals surface area (Å²) in [5, 5.41) is 0. The van der Waals surface area contributed by atoms with Gasteiger partial charge in [-0.25, -0.2) is 0 Å². The van der Waals surface area contributed by atoms with Gasteiger partial charge in [0.05, 0.1) is 5.56 Å². The van der Waals surface area contributed by atoms with E-state index in [1.54, 1.807) is 12.1 Å². The Balaban J connectivity index is 1.38. The van der Waals surface area contributed by atoms with E-state index in [1.165, 1.54) is 24.9 Å². The first-order valence-electron chi connectivity index (χ1n) is 9.45. The Morgan fingerprint density at radius 3 is 2.37 bits per heavy atom. The molecule has 27 heavy (non-hydrogen) atoms. The minimum atomic E-state index is -0.0188. The van der Waals surface area contributed by atoms with Gasteiger partial charge in [0, 0.05) is 30.4 Å². The van der Waals surface area contributed by atoms with Crippen LogP contribution in [0.2, 0.25) is 0 Å². The number of piperidine rings is 1. The molecular weight excluding hydrogens is 342 g/mol. The highest BCUT2D eigenvalue weighted by Crippen LogP contribution is 2.40. The molecule has 1 saturated heterocycles. The first-order valence-corrected chi connectivity index (χ1v) is 9.45. The standard InChI is InChI=1S/C22H21NO4/c24-22-16(13-25-19-12-21-20(11-18(19)22)26-14-27-21)10-15-4-6-17(7-5-15)23-8-2-1-3-9-23/h4-7,10-12H,1-3,8-9,13-14H2/b16-10+. The molecule has 2 aromatic carbocycles. The zero-order valence-corrected chi connectivity index (χ0v) is 15.1. The molecule has 0 aromatic heterocycles. The smallest absolute Gasteiger partial charge is 0.231 e. The number of carbonyl (C=O) groups is 1. The predicted octanol–water partition coefficient (Wildman–Crippen LogP) is 4.06. The van der Waals surface area contributed by atoms with Gasteiger partial charge in [0.2, 0.25) is 6.79 Å². The van der Waals surface area contributed by atoms with Crippen molar-refractivity contribution in [3.05, 3.63) is 53.1 Å². The van der Waals surface area contributed by atoms with Crippen LogP contribution in [0.1, 0.15) is 35.2 Å². The van der Waals surface area contributed by atoms with Crippen LogP contribution in [-0.4, -0.2) is 32.3 Å². The third kappa shape index (κ3) is 3.03. The van der Waals surface area contributed by atoms with Gasteiger partial charge >= 0.3 is 0 Å². The number of fused-ring (bicyclic) bond motifs is 2. The second-order valence-electron chi connectivity index (χ2n) is 7.13. The summed E-state index contributed by atoms with van der Waals surface area (Å²) < 4.78 is 16.5. The third-order valence-corrected chi connectivity index (χ3v) is 5.35. The number of hydrogen-bond acceptors (Lipinski definition) is 5. The zero-order valence-electron chi connectivity index (χ0n) is 15.1. The first kappa shape index (κ1) is 16.2. The van der Waals surface area contributed by atoms with Crippen LogP contribution in [0.4, 0.5) is 5.69 Å². The molecule has 5 heteroatoms. The second kappa shape index (κ2) is 6.65. The summed E-state index contributed by atoms with van der Waals surface area (Å²) in [7, 11) is 0. The fourth-order valence-electron chi connectivity index (χ4n) is 3.86. The van der Waals surface area contributed by atoms with Gasteiger partial charge < -0.3 is 19.1 Å². The zero-order chi connectivity index (χ0) is 18.2. The van der Waals surface area contributed by atoms with Crippen molar-refractivity contribution in [1.82, 2.24) is 0 Å². The van der Waals surface area contributed by atoms with Crippen molar-refractivity contribution in [2.45, 2.75) is 19.3 Å². The minimum absolute atomic E-state index is 0.0188. The van der Waals surface area contributed by atoms with E-state index < -0.39 is 0 Å². The molecule has 3 heterocycles. The van der Waals surface area contributed by atoms with Crippen LogP contribution in [0.15, 0.2) is 42.0 Å². The highest BCUT2D eigenvalue weighted by molar-refractivity contribution is 6.14. The van der Waals surface area contributed by atoms with Crippen LogP contribution < -0.4 is 19.1 Å². The Kier molecular flexibility index (Phi) is 4.00. The molecule has 3 aliphatic heterocycles. The van der Waals surface area contributed by atoms with Crippen LogP contribution >= 0.6 is 0 Å². The fraction of sp³-hybridized carbons (Fsp3) is 0.318. The highest BCUT2D eigenvalue weighted by atomic mass is 16.7. The van der Waals surface area contributed by atoms with Gasteiger partial charge in [-0.15, -0.1) is 0 Å². The van der Waals surface area contributed by atoms with Gasteiger partial charge in [0.15, 0.2) is 17.3 Å². The van der Waals surface area contributed by atoms with Crippen molar-refractivity contribution in [2.75, 3.05) is 31.4 Å². The number of hydrogen-bond donors (Lipinski definition) is 0. The molecule has 0 amide bonds. The summed E-state index contributed by atoms with van der Waals surface area (Å²) in [4.78, 5) is 15.3. The summed E-state index contributed by atoms with van der Waals surface area (Å²) >= 11 is 0. The summed E-state index contributed by atoms with van der Waals surface area (Å²) in [6, 6.07) is 11.9. The van der Waals surface area contributed by atoms with E-state index in [2.05, 4.69) is 29.2 Å². The van der Waals surface area contributed by atoms with Crippen LogP contribution in [0.3, 0.4) is 0 Å². The molecule has 0 saturated carbocycles. The molecular formula is C22H21NO4. The number of ether oxygens (including phenoxy) is 3. The van der Waals surface area contributed by atoms with Crippen LogP contribution in [0.5, 0.6) is 17.2 Å². The van der Waals surface area contributed by atoms with Crippen LogP contribution in [-0.2, 0) is 0 Å². The molecule has 1 fully saturated rings. The van der Waals surface area contributed by atoms with E-state index >= 15 is 0 Å². The van der Waals surface area contributed by atoms with Gasteiger partial charge in [0.25, 0.3) is 0 Å². The molecule has 5 nitrogen and oxygen atoms in total. The predicted molar refractivity (Wildman–Crippen MR) is 103 cm³/mol. The molecule has 0 spiro atoms. The van der Waals surface area contributed by atoms with Gasteiger partial charge in [-0.05, 0) is 49.1 Å². The molecule has 0 radical (unpaired) electrons. The summed E-state index contributed by atoms with van der Waals surface area (Å²) in [6.07, 6.45) is 5.76.